The van der Waals surface area contributed by atoms with Gasteiger partial charge < -0.3 is 10.0 Å². The van der Waals surface area contributed by atoms with Crippen molar-refractivity contribution < 1.29 is 14.7 Å². The van der Waals surface area contributed by atoms with Gasteiger partial charge in [-0.1, -0.05) is 12.1 Å². The van der Waals surface area contributed by atoms with E-state index < -0.39 is 5.97 Å². The number of benzene rings is 1. The third kappa shape index (κ3) is 3.07. The lowest BCUT2D eigenvalue weighted by molar-refractivity contribution is -0.137. The number of fused-ring (bicyclic) bond motifs is 1. The lowest BCUT2D eigenvalue weighted by atomic mass is 10.0. The molecule has 0 bridgehead atoms. The van der Waals surface area contributed by atoms with Crippen LogP contribution in [0.3, 0.4) is 0 Å². The van der Waals surface area contributed by atoms with Crippen molar-refractivity contribution in [1.29, 1.82) is 0 Å². The lowest BCUT2D eigenvalue weighted by Crippen LogP contribution is -2.20. The molecule has 2 rings (SSSR count). The second-order valence-corrected chi connectivity index (χ2v) is 5.15. The predicted octanol–water partition coefficient (Wildman–Crippen LogP) is 2.86. The molecule has 0 fully saturated rings. The minimum absolute atomic E-state index is 0.125. The topological polar surface area (TPSA) is 57.6 Å². The molecule has 106 valence electrons. The molecule has 0 aromatic heterocycles. The summed E-state index contributed by atoms with van der Waals surface area (Å²) in [6, 6.07) is 6.04. The SMILES string of the molecule is C/C(=C\CCCC(=O)O)c1ccc2c(c1)CC(=O)N2C. The number of hydrogen-bond donors (Lipinski definition) is 1. The Morgan fingerprint density at radius 2 is 2.20 bits per heavy atom. The number of anilines is 1. The maximum atomic E-state index is 11.6. The molecule has 1 aromatic carbocycles. The fourth-order valence-corrected chi connectivity index (χ4v) is 2.41. The van der Waals surface area contributed by atoms with Crippen LogP contribution in [0.1, 0.15) is 37.3 Å². The van der Waals surface area contributed by atoms with E-state index in [0.717, 1.165) is 28.8 Å². The van der Waals surface area contributed by atoms with E-state index in [-0.39, 0.29) is 12.3 Å². The van der Waals surface area contributed by atoms with Gasteiger partial charge in [0.2, 0.25) is 5.91 Å². The number of aliphatic carboxylic acids is 1. The second-order valence-electron chi connectivity index (χ2n) is 5.15. The average Bonchev–Trinajstić information content (AvgIpc) is 2.69. The number of carboxylic acid groups (broad SMARTS) is 1. The molecule has 1 N–H and O–H groups in total. The highest BCUT2D eigenvalue weighted by Crippen LogP contribution is 2.30. The van der Waals surface area contributed by atoms with E-state index in [4.69, 9.17) is 5.11 Å². The summed E-state index contributed by atoms with van der Waals surface area (Å²) in [5, 5.41) is 8.59. The van der Waals surface area contributed by atoms with E-state index in [1.165, 1.54) is 0 Å². The number of nitrogens with zero attached hydrogens (tertiary/aromatic N) is 1. The smallest absolute Gasteiger partial charge is 0.303 e. The van der Waals surface area contributed by atoms with Crippen molar-refractivity contribution in [2.24, 2.45) is 0 Å². The normalized spacial score (nSPS) is 14.6. The molecular weight excluding hydrogens is 254 g/mol. The molecule has 0 atom stereocenters. The molecule has 1 amide bonds. The van der Waals surface area contributed by atoms with Gasteiger partial charge in [0.15, 0.2) is 0 Å². The quantitative estimate of drug-likeness (QED) is 0.839. The number of unbranched alkanes of at least 4 members (excludes halogenated alkanes) is 1. The number of rotatable bonds is 5. The van der Waals surface area contributed by atoms with Crippen LogP contribution in [-0.4, -0.2) is 24.0 Å². The Bertz CT molecular complexity index is 575. The van der Waals surface area contributed by atoms with Crippen molar-refractivity contribution in [2.75, 3.05) is 11.9 Å². The third-order valence-electron chi connectivity index (χ3n) is 3.66. The van der Waals surface area contributed by atoms with Gasteiger partial charge in [-0.05, 0) is 48.6 Å². The van der Waals surface area contributed by atoms with Gasteiger partial charge in [0.05, 0.1) is 6.42 Å². The van der Waals surface area contributed by atoms with Crippen LogP contribution < -0.4 is 4.90 Å². The molecule has 1 aromatic rings. The lowest BCUT2D eigenvalue weighted by Gasteiger charge is -2.10. The van der Waals surface area contributed by atoms with Gasteiger partial charge in [0.1, 0.15) is 0 Å². The van der Waals surface area contributed by atoms with E-state index >= 15 is 0 Å². The Morgan fingerprint density at radius 1 is 1.45 bits per heavy atom. The van der Waals surface area contributed by atoms with Crippen LogP contribution in [-0.2, 0) is 16.0 Å². The van der Waals surface area contributed by atoms with Crippen LogP contribution in [0.4, 0.5) is 5.69 Å². The number of hydrogen-bond acceptors (Lipinski definition) is 2. The Labute approximate surface area is 118 Å². The van der Waals surface area contributed by atoms with Gasteiger partial charge in [0.25, 0.3) is 0 Å². The van der Waals surface area contributed by atoms with Gasteiger partial charge in [-0.2, -0.15) is 0 Å². The molecule has 0 unspecified atom stereocenters. The Balaban J connectivity index is 2.07. The first-order valence-electron chi connectivity index (χ1n) is 6.77. The number of carboxylic acids is 1. The van der Waals surface area contributed by atoms with E-state index in [0.29, 0.717) is 12.8 Å². The summed E-state index contributed by atoms with van der Waals surface area (Å²) in [6.07, 6.45) is 4.14. The Hall–Kier alpha value is -2.10. The standard InChI is InChI=1S/C16H19NO3/c1-11(5-3-4-6-16(19)20)12-7-8-14-13(9-12)10-15(18)17(14)2/h5,7-9H,3-4,6,10H2,1-2H3,(H,19,20)/b11-5+. The molecule has 4 nitrogen and oxygen atoms in total. The summed E-state index contributed by atoms with van der Waals surface area (Å²) in [5.74, 6) is -0.629. The van der Waals surface area contributed by atoms with Gasteiger partial charge >= 0.3 is 5.97 Å². The van der Waals surface area contributed by atoms with Crippen molar-refractivity contribution >= 4 is 23.1 Å². The van der Waals surface area contributed by atoms with Gasteiger partial charge in [-0.15, -0.1) is 0 Å². The van der Waals surface area contributed by atoms with Gasteiger partial charge in [-0.25, -0.2) is 0 Å². The first kappa shape index (κ1) is 14.3. The second kappa shape index (κ2) is 5.90. The van der Waals surface area contributed by atoms with Crippen LogP contribution in [0.15, 0.2) is 24.3 Å². The van der Waals surface area contributed by atoms with Crippen molar-refractivity contribution in [3.8, 4) is 0 Å². The van der Waals surface area contributed by atoms with E-state index in [1.807, 2.05) is 19.1 Å². The molecule has 0 saturated heterocycles. The highest BCUT2D eigenvalue weighted by molar-refractivity contribution is 6.01. The van der Waals surface area contributed by atoms with E-state index in [1.54, 1.807) is 11.9 Å². The summed E-state index contributed by atoms with van der Waals surface area (Å²) >= 11 is 0. The number of allylic oxidation sites excluding steroid dienone is 2. The molecule has 0 saturated carbocycles. The zero-order chi connectivity index (χ0) is 14.7. The summed E-state index contributed by atoms with van der Waals surface area (Å²) in [5.41, 5.74) is 4.27. The van der Waals surface area contributed by atoms with E-state index in [9.17, 15) is 9.59 Å². The summed E-state index contributed by atoms with van der Waals surface area (Å²) in [4.78, 5) is 23.8. The monoisotopic (exact) mass is 273 g/mol. The average molecular weight is 273 g/mol. The van der Waals surface area contributed by atoms with Gasteiger partial charge in [-0.3, -0.25) is 9.59 Å². The van der Waals surface area contributed by atoms with Crippen LogP contribution in [0.2, 0.25) is 0 Å². The van der Waals surface area contributed by atoms with Crippen LogP contribution in [0.25, 0.3) is 5.57 Å². The fourth-order valence-electron chi connectivity index (χ4n) is 2.41. The number of likely N-dealkylation sites (N-methyl/N-ethyl adjacent to an activating group) is 1. The highest BCUT2D eigenvalue weighted by Gasteiger charge is 2.23. The molecule has 1 heterocycles. The Kier molecular flexibility index (Phi) is 4.23. The minimum atomic E-state index is -0.755. The number of amides is 1. The molecule has 0 radical (unpaired) electrons. The Morgan fingerprint density at radius 3 is 2.90 bits per heavy atom. The molecule has 0 spiro atoms. The summed E-state index contributed by atoms with van der Waals surface area (Å²) in [7, 11) is 1.79. The maximum absolute atomic E-state index is 11.6. The first-order valence-corrected chi connectivity index (χ1v) is 6.77. The molecular formula is C16H19NO3. The zero-order valence-corrected chi connectivity index (χ0v) is 11.8. The summed E-state index contributed by atoms with van der Waals surface area (Å²) < 4.78 is 0. The fraction of sp³-hybridized carbons (Fsp3) is 0.375. The van der Waals surface area contributed by atoms with E-state index in [2.05, 4.69) is 12.1 Å². The predicted molar refractivity (Wildman–Crippen MR) is 78.7 cm³/mol. The zero-order valence-electron chi connectivity index (χ0n) is 11.8. The minimum Gasteiger partial charge on any atom is -0.481 e. The van der Waals surface area contributed by atoms with Crippen LogP contribution in [0, 0.1) is 0 Å². The molecule has 0 aliphatic carbocycles. The van der Waals surface area contributed by atoms with Crippen molar-refractivity contribution in [3.05, 3.63) is 35.4 Å². The molecule has 1 aliphatic rings. The molecule has 4 heteroatoms. The molecule has 1 aliphatic heterocycles. The first-order chi connectivity index (χ1) is 9.49. The maximum Gasteiger partial charge on any atom is 0.303 e. The number of carbonyl (C=O) groups is 2. The van der Waals surface area contributed by atoms with Crippen LogP contribution >= 0.6 is 0 Å². The summed E-state index contributed by atoms with van der Waals surface area (Å²) in [6.45, 7) is 2.02. The van der Waals surface area contributed by atoms with Crippen molar-refractivity contribution in [3.63, 3.8) is 0 Å². The molecule has 20 heavy (non-hydrogen) atoms. The van der Waals surface area contributed by atoms with Crippen LogP contribution in [0.5, 0.6) is 0 Å². The van der Waals surface area contributed by atoms with Crippen molar-refractivity contribution in [1.82, 2.24) is 0 Å². The van der Waals surface area contributed by atoms with Gasteiger partial charge in [0, 0.05) is 19.2 Å². The number of carbonyl (C=O) groups excluding carboxylic acids is 1. The highest BCUT2D eigenvalue weighted by atomic mass is 16.4. The third-order valence-corrected chi connectivity index (χ3v) is 3.66. The largest absolute Gasteiger partial charge is 0.481 e. The van der Waals surface area contributed by atoms with Crippen molar-refractivity contribution in [2.45, 2.75) is 32.6 Å².